The third-order valence-electron chi connectivity index (χ3n) is 4.70. The average Bonchev–Trinajstić information content (AvgIpc) is 2.65. The van der Waals surface area contributed by atoms with E-state index < -0.39 is 38.6 Å². The number of nitrogens with one attached hydrogen (secondary N) is 2. The number of carbonyl (C=O) groups excluding carboxylic acids is 1. The molecule has 1 heterocycles. The molecule has 0 bridgehead atoms. The number of aromatic nitrogens is 2. The number of ether oxygens (including phenoxy) is 1. The molecule has 29 heavy (non-hydrogen) atoms. The number of carboxylic acids is 1. The lowest BCUT2D eigenvalue weighted by molar-refractivity contribution is -0.141. The van der Waals surface area contributed by atoms with Crippen molar-refractivity contribution in [2.75, 3.05) is 12.4 Å². The molecule has 2 amide bonds. The number of rotatable bonds is 7. The smallest absolute Gasteiger partial charge is 0.335 e. The van der Waals surface area contributed by atoms with Crippen LogP contribution in [0, 0.1) is 11.8 Å². The molecule has 0 aliphatic heterocycles. The third-order valence-corrected chi connectivity index (χ3v) is 7.08. The van der Waals surface area contributed by atoms with Crippen molar-refractivity contribution >= 4 is 39.6 Å². The number of carboxylic acid groups (broad SMARTS) is 1. The Hall–Kier alpha value is -2.66. The zero-order chi connectivity index (χ0) is 21.8. The van der Waals surface area contributed by atoms with Crippen LogP contribution in [0.5, 0.6) is 5.88 Å². The lowest BCUT2D eigenvalue weighted by Gasteiger charge is -2.39. The molecule has 2 rings (SSSR count). The minimum atomic E-state index is -4.50. The molecule has 0 radical (unpaired) electrons. The molecule has 0 aromatic carbocycles. The molecule has 3 unspecified atom stereocenters. The number of hydrogen-bond donors (Lipinski definition) is 3. The van der Waals surface area contributed by atoms with E-state index in [1.165, 1.54) is 37.5 Å². The lowest BCUT2D eigenvalue weighted by Crippen LogP contribution is -2.58. The predicted octanol–water partition coefficient (Wildman–Crippen LogP) is 2.20. The van der Waals surface area contributed by atoms with Gasteiger partial charge in [-0.15, -0.1) is 0 Å². The zero-order valence-corrected chi connectivity index (χ0v) is 17.5. The van der Waals surface area contributed by atoms with Crippen LogP contribution in [0.2, 0.25) is 5.15 Å². The molecule has 158 valence electrons. The van der Waals surface area contributed by atoms with Gasteiger partial charge in [0.15, 0.2) is 0 Å². The van der Waals surface area contributed by atoms with Crippen LogP contribution in [-0.2, 0) is 14.8 Å². The van der Waals surface area contributed by atoms with Crippen molar-refractivity contribution in [2.24, 2.45) is 11.8 Å². The van der Waals surface area contributed by atoms with Gasteiger partial charge in [-0.25, -0.2) is 22.9 Å². The largest absolute Gasteiger partial charge is 0.481 e. The summed E-state index contributed by atoms with van der Waals surface area (Å²) in [6.07, 6.45) is 5.86. The van der Waals surface area contributed by atoms with Crippen LogP contribution in [-0.4, -0.2) is 47.3 Å². The third kappa shape index (κ3) is 4.51. The Morgan fingerprint density at radius 3 is 2.66 bits per heavy atom. The first-order valence-corrected chi connectivity index (χ1v) is 10.4. The SMILES string of the molecule is CCC(C)C1(S(=O)(=O)NC(=O)Nc2nc(Cl)cc(OC)n2)C=CC=CC1C(=O)O. The van der Waals surface area contributed by atoms with Gasteiger partial charge >= 0.3 is 12.0 Å². The number of nitrogens with zero attached hydrogens (tertiary/aromatic N) is 2. The second kappa shape index (κ2) is 8.78. The number of sulfonamides is 1. The van der Waals surface area contributed by atoms with E-state index in [0.29, 0.717) is 6.42 Å². The molecule has 1 aliphatic carbocycles. The summed E-state index contributed by atoms with van der Waals surface area (Å²) < 4.78 is 31.3. The maximum atomic E-state index is 13.2. The molecule has 12 heteroatoms. The highest BCUT2D eigenvalue weighted by molar-refractivity contribution is 7.91. The predicted molar refractivity (Wildman–Crippen MR) is 106 cm³/mol. The number of allylic oxidation sites excluding steroid dienone is 2. The van der Waals surface area contributed by atoms with Crippen LogP contribution >= 0.6 is 11.6 Å². The normalized spacial score (nSPS) is 22.0. The average molecular weight is 445 g/mol. The maximum Gasteiger partial charge on any atom is 0.335 e. The standard InChI is InChI=1S/C17H21ClN4O6S/c1-4-10(2)17(8-6-5-7-11(17)14(23)24)29(26,27)22-16(25)21-15-19-12(18)9-13(20-15)28-3/h5-11H,4H2,1-3H3,(H,23,24)(H2,19,20,21,22,25). The topological polar surface area (TPSA) is 148 Å². The van der Waals surface area contributed by atoms with E-state index in [0.717, 1.165) is 0 Å². The second-order valence-corrected chi connectivity index (χ2v) is 8.64. The fourth-order valence-electron chi connectivity index (χ4n) is 3.12. The van der Waals surface area contributed by atoms with Crippen molar-refractivity contribution in [1.29, 1.82) is 0 Å². The number of hydrogen-bond acceptors (Lipinski definition) is 7. The fourth-order valence-corrected chi connectivity index (χ4v) is 5.23. The van der Waals surface area contributed by atoms with Crippen LogP contribution in [0.25, 0.3) is 0 Å². The molecule has 0 saturated carbocycles. The van der Waals surface area contributed by atoms with Gasteiger partial charge in [-0.05, 0) is 5.92 Å². The van der Waals surface area contributed by atoms with Crippen LogP contribution < -0.4 is 14.8 Å². The number of amides is 2. The summed E-state index contributed by atoms with van der Waals surface area (Å²) in [6, 6.07) is 0.139. The molecular weight excluding hydrogens is 424 g/mol. The van der Waals surface area contributed by atoms with Crippen molar-refractivity contribution < 1.29 is 27.9 Å². The van der Waals surface area contributed by atoms with E-state index in [9.17, 15) is 23.1 Å². The Bertz CT molecular complexity index is 965. The van der Waals surface area contributed by atoms with Gasteiger partial charge in [0.2, 0.25) is 21.9 Å². The second-order valence-electron chi connectivity index (χ2n) is 6.34. The molecule has 0 saturated heterocycles. The van der Waals surface area contributed by atoms with E-state index in [-0.39, 0.29) is 17.0 Å². The molecular formula is C17H21ClN4O6S. The van der Waals surface area contributed by atoms with Crippen LogP contribution in [0.15, 0.2) is 30.4 Å². The molecule has 0 spiro atoms. The van der Waals surface area contributed by atoms with Crippen molar-refractivity contribution in [1.82, 2.24) is 14.7 Å². The van der Waals surface area contributed by atoms with Gasteiger partial charge in [-0.2, -0.15) is 4.98 Å². The molecule has 3 N–H and O–H groups in total. The molecule has 1 aromatic rings. The van der Waals surface area contributed by atoms with Gasteiger partial charge in [0.1, 0.15) is 15.8 Å². The highest BCUT2D eigenvalue weighted by atomic mass is 35.5. The summed E-state index contributed by atoms with van der Waals surface area (Å²) in [5, 5.41) is 11.7. The van der Waals surface area contributed by atoms with Gasteiger partial charge < -0.3 is 9.84 Å². The van der Waals surface area contributed by atoms with E-state index in [1.54, 1.807) is 13.8 Å². The molecule has 0 fully saturated rings. The summed E-state index contributed by atoms with van der Waals surface area (Å²) in [5.41, 5.74) is 0. The Kier molecular flexibility index (Phi) is 6.85. The minimum absolute atomic E-state index is 0.0302. The molecule has 1 aromatic heterocycles. The summed E-state index contributed by atoms with van der Waals surface area (Å²) >= 11 is 5.80. The van der Waals surface area contributed by atoms with Crippen LogP contribution in [0.4, 0.5) is 10.7 Å². The van der Waals surface area contributed by atoms with Gasteiger partial charge in [0.25, 0.3) is 0 Å². The molecule has 10 nitrogen and oxygen atoms in total. The molecule has 1 aliphatic rings. The summed E-state index contributed by atoms with van der Waals surface area (Å²) in [7, 11) is -3.17. The number of carbonyl (C=O) groups is 2. The highest BCUT2D eigenvalue weighted by Gasteiger charge is 2.55. The minimum Gasteiger partial charge on any atom is -0.481 e. The van der Waals surface area contributed by atoms with Gasteiger partial charge in [0, 0.05) is 6.07 Å². The monoisotopic (exact) mass is 444 g/mol. The van der Waals surface area contributed by atoms with E-state index in [2.05, 4.69) is 15.3 Å². The number of aliphatic carboxylic acids is 1. The summed E-state index contributed by atoms with van der Waals surface area (Å²) in [6.45, 7) is 3.35. The lowest BCUT2D eigenvalue weighted by atomic mass is 9.77. The van der Waals surface area contributed by atoms with Crippen LogP contribution in [0.3, 0.4) is 0 Å². The highest BCUT2D eigenvalue weighted by Crippen LogP contribution is 2.40. The maximum absolute atomic E-state index is 13.2. The molecule has 3 atom stereocenters. The van der Waals surface area contributed by atoms with Gasteiger partial charge in [0.05, 0.1) is 7.11 Å². The Morgan fingerprint density at radius 1 is 1.38 bits per heavy atom. The van der Waals surface area contributed by atoms with Gasteiger partial charge in [-0.1, -0.05) is 56.2 Å². The van der Waals surface area contributed by atoms with Crippen molar-refractivity contribution in [2.45, 2.75) is 25.0 Å². The first-order valence-electron chi connectivity index (χ1n) is 8.58. The van der Waals surface area contributed by atoms with Crippen molar-refractivity contribution in [3.05, 3.63) is 35.5 Å². The fraction of sp³-hybridized carbons (Fsp3) is 0.412. The van der Waals surface area contributed by atoms with E-state index in [1.807, 2.05) is 4.72 Å². The quantitative estimate of drug-likeness (QED) is 0.542. The number of anilines is 1. The van der Waals surface area contributed by atoms with E-state index in [4.69, 9.17) is 16.3 Å². The summed E-state index contributed by atoms with van der Waals surface area (Å²) in [5.74, 6) is -3.54. The van der Waals surface area contributed by atoms with Gasteiger partial charge in [-0.3, -0.25) is 10.1 Å². The Labute approximate surface area is 173 Å². The summed E-state index contributed by atoms with van der Waals surface area (Å²) in [4.78, 5) is 31.8. The number of halogens is 1. The van der Waals surface area contributed by atoms with Crippen molar-refractivity contribution in [3.8, 4) is 5.88 Å². The number of methoxy groups -OCH3 is 1. The Balaban J connectivity index is 2.37. The Morgan fingerprint density at radius 2 is 2.07 bits per heavy atom. The van der Waals surface area contributed by atoms with E-state index >= 15 is 0 Å². The first kappa shape index (κ1) is 22.6. The van der Waals surface area contributed by atoms with Crippen molar-refractivity contribution in [3.63, 3.8) is 0 Å². The van der Waals surface area contributed by atoms with Crippen LogP contribution in [0.1, 0.15) is 20.3 Å². The number of urea groups is 1. The zero-order valence-electron chi connectivity index (χ0n) is 15.9. The first-order chi connectivity index (χ1) is 13.6.